The molecule has 2 rings (SSSR count). The Kier molecular flexibility index (Phi) is 3.13. The highest BCUT2D eigenvalue weighted by atomic mass is 16.3. The van der Waals surface area contributed by atoms with Crippen molar-refractivity contribution >= 4 is 0 Å². The Bertz CT molecular complexity index is 189. The maximum Gasteiger partial charge on any atom is 0.0695 e. The summed E-state index contributed by atoms with van der Waals surface area (Å²) in [6, 6.07) is 0.725. The van der Waals surface area contributed by atoms with Gasteiger partial charge >= 0.3 is 0 Å². The third-order valence-corrected chi connectivity index (χ3v) is 3.77. The van der Waals surface area contributed by atoms with E-state index >= 15 is 0 Å². The number of rotatable bonds is 4. The van der Waals surface area contributed by atoms with Gasteiger partial charge in [-0.25, -0.2) is 0 Å². The topological polar surface area (TPSA) is 23.5 Å². The highest BCUT2D eigenvalue weighted by Gasteiger charge is 2.34. The summed E-state index contributed by atoms with van der Waals surface area (Å²) in [6.45, 7) is 6.72. The van der Waals surface area contributed by atoms with Crippen molar-refractivity contribution in [2.75, 3.05) is 13.1 Å². The molecular formula is C12H23NO. The van der Waals surface area contributed by atoms with Gasteiger partial charge in [-0.1, -0.05) is 13.8 Å². The van der Waals surface area contributed by atoms with Crippen molar-refractivity contribution in [2.24, 2.45) is 11.8 Å². The van der Waals surface area contributed by atoms with Gasteiger partial charge in [0.1, 0.15) is 0 Å². The van der Waals surface area contributed by atoms with E-state index < -0.39 is 0 Å². The monoisotopic (exact) mass is 197 g/mol. The second-order valence-electron chi connectivity index (χ2n) is 5.35. The average Bonchev–Trinajstić information content (AvgIpc) is 2.87. The van der Waals surface area contributed by atoms with E-state index in [1.165, 1.54) is 32.2 Å². The molecule has 0 aromatic carbocycles. The summed E-state index contributed by atoms with van der Waals surface area (Å²) in [5, 5.41) is 9.91. The van der Waals surface area contributed by atoms with E-state index in [1.54, 1.807) is 0 Å². The van der Waals surface area contributed by atoms with Gasteiger partial charge in [0.2, 0.25) is 0 Å². The van der Waals surface area contributed by atoms with E-state index in [0.29, 0.717) is 5.92 Å². The molecule has 2 unspecified atom stereocenters. The van der Waals surface area contributed by atoms with Crippen molar-refractivity contribution in [3.8, 4) is 0 Å². The number of aliphatic hydroxyl groups is 1. The Morgan fingerprint density at radius 3 is 2.57 bits per heavy atom. The van der Waals surface area contributed by atoms with Crippen molar-refractivity contribution in [3.05, 3.63) is 0 Å². The Labute approximate surface area is 87.3 Å². The van der Waals surface area contributed by atoms with E-state index in [9.17, 15) is 5.11 Å². The van der Waals surface area contributed by atoms with E-state index in [2.05, 4.69) is 18.7 Å². The van der Waals surface area contributed by atoms with Gasteiger partial charge in [-0.05, 0) is 44.1 Å². The molecule has 0 amide bonds. The number of nitrogens with zero attached hydrogens (tertiary/aromatic N) is 1. The molecule has 1 heterocycles. The van der Waals surface area contributed by atoms with Gasteiger partial charge in [-0.15, -0.1) is 0 Å². The molecule has 1 aliphatic heterocycles. The van der Waals surface area contributed by atoms with Crippen LogP contribution in [0.5, 0.6) is 0 Å². The molecule has 0 aromatic heterocycles. The molecule has 1 saturated heterocycles. The third kappa shape index (κ3) is 2.29. The number of β-amino-alcohol motifs (C(OH)–C–C–N with tert-alkyl or cyclic N) is 1. The van der Waals surface area contributed by atoms with E-state index in [-0.39, 0.29) is 6.10 Å². The van der Waals surface area contributed by atoms with Crippen LogP contribution >= 0.6 is 0 Å². The van der Waals surface area contributed by atoms with Crippen LogP contribution in [0.25, 0.3) is 0 Å². The van der Waals surface area contributed by atoms with Crippen LogP contribution in [0.3, 0.4) is 0 Å². The Balaban J connectivity index is 1.83. The van der Waals surface area contributed by atoms with Gasteiger partial charge in [0.25, 0.3) is 0 Å². The first-order chi connectivity index (χ1) is 6.68. The minimum Gasteiger partial charge on any atom is -0.392 e. The summed E-state index contributed by atoms with van der Waals surface area (Å²) in [7, 11) is 0. The van der Waals surface area contributed by atoms with E-state index in [0.717, 1.165) is 18.5 Å². The molecule has 2 nitrogen and oxygen atoms in total. The smallest absolute Gasteiger partial charge is 0.0695 e. The predicted molar refractivity (Wildman–Crippen MR) is 58.2 cm³/mol. The molecule has 1 N–H and O–H groups in total. The molecule has 2 fully saturated rings. The molecule has 0 bridgehead atoms. The Morgan fingerprint density at radius 2 is 2.00 bits per heavy atom. The van der Waals surface area contributed by atoms with Gasteiger partial charge in [0.15, 0.2) is 0 Å². The fourth-order valence-electron chi connectivity index (χ4n) is 2.70. The van der Waals surface area contributed by atoms with Crippen LogP contribution in [0.1, 0.15) is 39.5 Å². The van der Waals surface area contributed by atoms with Crippen molar-refractivity contribution in [1.29, 1.82) is 0 Å². The summed E-state index contributed by atoms with van der Waals surface area (Å²) in [5.74, 6) is 1.37. The number of hydrogen-bond acceptors (Lipinski definition) is 2. The van der Waals surface area contributed by atoms with Crippen molar-refractivity contribution < 1.29 is 5.11 Å². The molecule has 14 heavy (non-hydrogen) atoms. The first kappa shape index (κ1) is 10.4. The number of hydrogen-bond donors (Lipinski definition) is 1. The fourth-order valence-corrected chi connectivity index (χ4v) is 2.70. The highest BCUT2D eigenvalue weighted by molar-refractivity contribution is 4.88. The first-order valence-electron chi connectivity index (χ1n) is 6.10. The Morgan fingerprint density at radius 1 is 1.29 bits per heavy atom. The van der Waals surface area contributed by atoms with Crippen LogP contribution in [0, 0.1) is 11.8 Å². The number of aliphatic hydroxyl groups excluding tert-OH is 1. The molecule has 82 valence electrons. The van der Waals surface area contributed by atoms with Crippen molar-refractivity contribution in [1.82, 2.24) is 4.90 Å². The first-order valence-corrected chi connectivity index (χ1v) is 6.10. The van der Waals surface area contributed by atoms with Gasteiger partial charge in [0, 0.05) is 12.6 Å². The normalized spacial score (nSPS) is 31.3. The average molecular weight is 197 g/mol. The third-order valence-electron chi connectivity index (χ3n) is 3.77. The summed E-state index contributed by atoms with van der Waals surface area (Å²) >= 11 is 0. The van der Waals surface area contributed by atoms with Gasteiger partial charge in [-0.2, -0.15) is 0 Å². The minimum absolute atomic E-state index is 0.0469. The van der Waals surface area contributed by atoms with Gasteiger partial charge < -0.3 is 5.11 Å². The lowest BCUT2D eigenvalue weighted by atomic mass is 10.0. The van der Waals surface area contributed by atoms with Gasteiger partial charge in [0.05, 0.1) is 6.10 Å². The lowest BCUT2D eigenvalue weighted by Crippen LogP contribution is -2.39. The molecular weight excluding hydrogens is 174 g/mol. The van der Waals surface area contributed by atoms with Crippen LogP contribution in [-0.4, -0.2) is 35.2 Å². The summed E-state index contributed by atoms with van der Waals surface area (Å²) < 4.78 is 0. The molecule has 0 spiro atoms. The molecule has 2 aliphatic rings. The van der Waals surface area contributed by atoms with Crippen LogP contribution in [-0.2, 0) is 0 Å². The van der Waals surface area contributed by atoms with Crippen LogP contribution in [0.4, 0.5) is 0 Å². The SMILES string of the molecule is CC(C)C1CCCN1CC(O)C1CC1. The zero-order valence-corrected chi connectivity index (χ0v) is 9.45. The number of likely N-dealkylation sites (tertiary alicyclic amines) is 1. The quantitative estimate of drug-likeness (QED) is 0.744. The lowest BCUT2D eigenvalue weighted by Gasteiger charge is -2.29. The predicted octanol–water partition coefficient (Wildman–Crippen LogP) is 1.88. The summed E-state index contributed by atoms with van der Waals surface area (Å²) in [5.41, 5.74) is 0. The molecule has 0 radical (unpaired) electrons. The summed E-state index contributed by atoms with van der Waals surface area (Å²) in [6.07, 6.45) is 5.10. The molecule has 0 aromatic rings. The lowest BCUT2D eigenvalue weighted by molar-refractivity contribution is 0.0792. The molecule has 1 aliphatic carbocycles. The van der Waals surface area contributed by atoms with Crippen LogP contribution in [0.2, 0.25) is 0 Å². The van der Waals surface area contributed by atoms with Crippen LogP contribution < -0.4 is 0 Å². The second-order valence-corrected chi connectivity index (χ2v) is 5.35. The Hall–Kier alpha value is -0.0800. The molecule has 2 atom stereocenters. The van der Waals surface area contributed by atoms with Crippen molar-refractivity contribution in [3.63, 3.8) is 0 Å². The highest BCUT2D eigenvalue weighted by Crippen LogP contribution is 2.34. The zero-order chi connectivity index (χ0) is 10.1. The minimum atomic E-state index is -0.0469. The van der Waals surface area contributed by atoms with E-state index in [4.69, 9.17) is 0 Å². The van der Waals surface area contributed by atoms with Crippen molar-refractivity contribution in [2.45, 2.75) is 51.7 Å². The maximum absolute atomic E-state index is 9.91. The molecule has 1 saturated carbocycles. The summed E-state index contributed by atoms with van der Waals surface area (Å²) in [4.78, 5) is 2.51. The second kappa shape index (κ2) is 4.19. The largest absolute Gasteiger partial charge is 0.392 e. The van der Waals surface area contributed by atoms with Crippen LogP contribution in [0.15, 0.2) is 0 Å². The maximum atomic E-state index is 9.91. The molecule has 2 heteroatoms. The van der Waals surface area contributed by atoms with E-state index in [1.807, 2.05) is 0 Å². The fraction of sp³-hybridized carbons (Fsp3) is 1.00. The standard InChI is InChI=1S/C12H23NO/c1-9(2)11-4-3-7-13(11)8-12(14)10-5-6-10/h9-12,14H,3-8H2,1-2H3. The zero-order valence-electron chi connectivity index (χ0n) is 9.45. The van der Waals surface area contributed by atoms with Gasteiger partial charge in [-0.3, -0.25) is 4.90 Å².